The Bertz CT molecular complexity index is 954. The molecule has 1 saturated heterocycles. The van der Waals surface area contributed by atoms with Gasteiger partial charge in [-0.25, -0.2) is 4.99 Å². The third-order valence-corrected chi connectivity index (χ3v) is 6.04. The Balaban J connectivity index is 1.48. The number of methoxy groups -OCH3 is 1. The fourth-order valence-corrected chi connectivity index (χ4v) is 4.42. The fourth-order valence-electron chi connectivity index (χ4n) is 3.21. The standard InChI is InChI=1S/C22H23N3O3S/c1-14-7-9-15(10-8-14)23-22-25(16-11-12-16)21(27)19(29-22)13-20(26)24-17-5-3-4-6-18(17)28-2/h3-10,16,19H,11-13H2,1-2H3,(H,24,26). The molecule has 1 aliphatic heterocycles. The smallest absolute Gasteiger partial charge is 0.242 e. The molecule has 1 unspecified atom stereocenters. The fraction of sp³-hybridized carbons (Fsp3) is 0.318. The normalized spacial score (nSPS) is 20.2. The molecule has 2 fully saturated rings. The number of amidine groups is 1. The maximum Gasteiger partial charge on any atom is 0.242 e. The van der Waals surface area contributed by atoms with E-state index in [1.54, 1.807) is 24.1 Å². The summed E-state index contributed by atoms with van der Waals surface area (Å²) in [6.45, 7) is 2.03. The molecule has 150 valence electrons. The van der Waals surface area contributed by atoms with Crippen molar-refractivity contribution < 1.29 is 14.3 Å². The zero-order valence-electron chi connectivity index (χ0n) is 16.4. The molecule has 2 amide bonds. The SMILES string of the molecule is COc1ccccc1NC(=O)CC1SC(=Nc2ccc(C)cc2)N(C2CC2)C1=O. The molecule has 29 heavy (non-hydrogen) atoms. The zero-order chi connectivity index (χ0) is 20.4. The van der Waals surface area contributed by atoms with Crippen molar-refractivity contribution in [2.45, 2.75) is 37.5 Å². The first-order valence-corrected chi connectivity index (χ1v) is 10.5. The summed E-state index contributed by atoms with van der Waals surface area (Å²) >= 11 is 1.38. The lowest BCUT2D eigenvalue weighted by atomic mass is 10.2. The van der Waals surface area contributed by atoms with Crippen molar-refractivity contribution >= 4 is 40.1 Å². The molecule has 0 radical (unpaired) electrons. The molecule has 2 aromatic rings. The molecule has 1 atom stereocenters. The number of hydrogen-bond donors (Lipinski definition) is 1. The first-order valence-electron chi connectivity index (χ1n) is 9.63. The highest BCUT2D eigenvalue weighted by Gasteiger charge is 2.46. The van der Waals surface area contributed by atoms with E-state index in [1.165, 1.54) is 11.8 Å². The van der Waals surface area contributed by atoms with Crippen molar-refractivity contribution in [2.75, 3.05) is 12.4 Å². The number of aliphatic imine (C=N–C) groups is 1. The number of carbonyl (C=O) groups is 2. The molecule has 1 N–H and O–H groups in total. The molecule has 7 heteroatoms. The first-order chi connectivity index (χ1) is 14.0. The van der Waals surface area contributed by atoms with Gasteiger partial charge in [0.1, 0.15) is 11.0 Å². The number of carbonyl (C=O) groups excluding carboxylic acids is 2. The van der Waals surface area contributed by atoms with Gasteiger partial charge in [-0.05, 0) is 44.0 Å². The van der Waals surface area contributed by atoms with Crippen LogP contribution in [-0.4, -0.2) is 40.3 Å². The molecule has 1 heterocycles. The van der Waals surface area contributed by atoms with Crippen LogP contribution in [0.4, 0.5) is 11.4 Å². The van der Waals surface area contributed by atoms with Gasteiger partial charge in [0.25, 0.3) is 0 Å². The predicted octanol–water partition coefficient (Wildman–Crippen LogP) is 4.13. The van der Waals surface area contributed by atoms with Gasteiger partial charge in [-0.15, -0.1) is 0 Å². The van der Waals surface area contributed by atoms with E-state index in [2.05, 4.69) is 5.32 Å². The van der Waals surface area contributed by atoms with E-state index in [1.807, 2.05) is 43.3 Å². The number of rotatable bonds is 6. The number of hydrogen-bond acceptors (Lipinski definition) is 5. The van der Waals surface area contributed by atoms with Gasteiger partial charge in [-0.3, -0.25) is 14.5 Å². The summed E-state index contributed by atoms with van der Waals surface area (Å²) < 4.78 is 5.27. The Morgan fingerprint density at radius 3 is 2.62 bits per heavy atom. The number of para-hydroxylation sites is 2. The molecule has 0 spiro atoms. The Hall–Kier alpha value is -2.80. The second kappa shape index (κ2) is 8.29. The van der Waals surface area contributed by atoms with Crippen molar-refractivity contribution in [3.8, 4) is 5.75 Å². The minimum Gasteiger partial charge on any atom is -0.495 e. The van der Waals surface area contributed by atoms with Crippen molar-refractivity contribution in [1.29, 1.82) is 0 Å². The van der Waals surface area contributed by atoms with Crippen LogP contribution in [-0.2, 0) is 9.59 Å². The number of thioether (sulfide) groups is 1. The highest BCUT2D eigenvalue weighted by atomic mass is 32.2. The van der Waals surface area contributed by atoms with Crippen molar-refractivity contribution in [3.63, 3.8) is 0 Å². The maximum atomic E-state index is 13.0. The van der Waals surface area contributed by atoms with Gasteiger partial charge in [-0.1, -0.05) is 41.6 Å². The zero-order valence-corrected chi connectivity index (χ0v) is 17.2. The number of nitrogens with one attached hydrogen (secondary N) is 1. The van der Waals surface area contributed by atoms with Crippen LogP contribution in [0.15, 0.2) is 53.5 Å². The number of nitrogens with zero attached hydrogens (tertiary/aromatic N) is 2. The van der Waals surface area contributed by atoms with Gasteiger partial charge in [0.05, 0.1) is 18.5 Å². The van der Waals surface area contributed by atoms with Crippen molar-refractivity contribution in [3.05, 3.63) is 54.1 Å². The van der Waals surface area contributed by atoms with Crippen LogP contribution in [0.1, 0.15) is 24.8 Å². The second-order valence-electron chi connectivity index (χ2n) is 7.23. The molecule has 4 rings (SSSR count). The largest absolute Gasteiger partial charge is 0.495 e. The minimum atomic E-state index is -0.463. The van der Waals surface area contributed by atoms with Crippen molar-refractivity contribution in [2.24, 2.45) is 4.99 Å². The third-order valence-electron chi connectivity index (χ3n) is 4.89. The minimum absolute atomic E-state index is 0.0291. The summed E-state index contributed by atoms with van der Waals surface area (Å²) in [5, 5.41) is 3.08. The van der Waals surface area contributed by atoms with E-state index in [0.29, 0.717) is 16.6 Å². The summed E-state index contributed by atoms with van der Waals surface area (Å²) in [5.41, 5.74) is 2.58. The van der Waals surface area contributed by atoms with E-state index in [9.17, 15) is 9.59 Å². The quantitative estimate of drug-likeness (QED) is 0.779. The third kappa shape index (κ3) is 4.45. The molecule has 0 aromatic heterocycles. The topological polar surface area (TPSA) is 71.0 Å². The highest BCUT2D eigenvalue weighted by molar-refractivity contribution is 8.15. The lowest BCUT2D eigenvalue weighted by Crippen LogP contribution is -2.35. The average molecular weight is 410 g/mol. The van der Waals surface area contributed by atoms with Crippen LogP contribution in [0.25, 0.3) is 0 Å². The first kappa shape index (κ1) is 19.5. The van der Waals surface area contributed by atoms with Crippen molar-refractivity contribution in [1.82, 2.24) is 4.90 Å². The van der Waals surface area contributed by atoms with Gasteiger partial charge in [0.15, 0.2) is 5.17 Å². The Kier molecular flexibility index (Phi) is 5.58. The highest BCUT2D eigenvalue weighted by Crippen LogP contribution is 2.39. The summed E-state index contributed by atoms with van der Waals surface area (Å²) in [5.74, 6) is 0.346. The summed E-state index contributed by atoms with van der Waals surface area (Å²) in [6.07, 6.45) is 2.07. The molecule has 1 saturated carbocycles. The van der Waals surface area contributed by atoms with Gasteiger partial charge in [-0.2, -0.15) is 0 Å². The lowest BCUT2D eigenvalue weighted by molar-refractivity contribution is -0.128. The second-order valence-corrected chi connectivity index (χ2v) is 8.40. The molecular formula is C22H23N3O3S. The lowest BCUT2D eigenvalue weighted by Gasteiger charge is -2.15. The van der Waals surface area contributed by atoms with Gasteiger partial charge in [0.2, 0.25) is 11.8 Å². The molecule has 2 aliphatic rings. The maximum absolute atomic E-state index is 13.0. The van der Waals surface area contributed by atoms with Gasteiger partial charge >= 0.3 is 0 Å². The Labute approximate surface area is 174 Å². The van der Waals surface area contributed by atoms with E-state index >= 15 is 0 Å². The molecule has 2 aromatic carbocycles. The molecule has 6 nitrogen and oxygen atoms in total. The molecular weight excluding hydrogens is 386 g/mol. The van der Waals surface area contributed by atoms with E-state index in [0.717, 1.165) is 24.1 Å². The van der Waals surface area contributed by atoms with Crippen LogP contribution in [0.3, 0.4) is 0 Å². The van der Waals surface area contributed by atoms with Crippen LogP contribution >= 0.6 is 11.8 Å². The van der Waals surface area contributed by atoms with Crippen LogP contribution in [0.5, 0.6) is 5.75 Å². The van der Waals surface area contributed by atoms with Crippen LogP contribution in [0.2, 0.25) is 0 Å². The number of ether oxygens (including phenoxy) is 1. The summed E-state index contributed by atoms with van der Waals surface area (Å²) in [4.78, 5) is 32.0. The number of benzene rings is 2. The molecule has 1 aliphatic carbocycles. The van der Waals surface area contributed by atoms with Gasteiger partial charge in [0, 0.05) is 12.5 Å². The number of amides is 2. The molecule has 0 bridgehead atoms. The van der Waals surface area contributed by atoms with E-state index in [-0.39, 0.29) is 24.3 Å². The van der Waals surface area contributed by atoms with E-state index < -0.39 is 5.25 Å². The summed E-state index contributed by atoms with van der Waals surface area (Å²) in [7, 11) is 1.56. The van der Waals surface area contributed by atoms with Crippen LogP contribution < -0.4 is 10.1 Å². The summed E-state index contributed by atoms with van der Waals surface area (Å²) in [6, 6.07) is 15.3. The monoisotopic (exact) mass is 409 g/mol. The van der Waals surface area contributed by atoms with Crippen LogP contribution in [0, 0.1) is 6.92 Å². The Morgan fingerprint density at radius 2 is 1.93 bits per heavy atom. The number of aryl methyl sites for hydroxylation is 1. The average Bonchev–Trinajstić information content (AvgIpc) is 3.50. The Morgan fingerprint density at radius 1 is 1.21 bits per heavy atom. The predicted molar refractivity (Wildman–Crippen MR) is 116 cm³/mol. The van der Waals surface area contributed by atoms with E-state index in [4.69, 9.17) is 9.73 Å². The number of anilines is 1. The van der Waals surface area contributed by atoms with Gasteiger partial charge < -0.3 is 10.1 Å².